The number of hydrogen-bond donors (Lipinski definition) is 1. The van der Waals surface area contributed by atoms with Crippen molar-refractivity contribution in [3.63, 3.8) is 0 Å². The van der Waals surface area contributed by atoms with Crippen molar-refractivity contribution >= 4 is 64.1 Å². The van der Waals surface area contributed by atoms with E-state index in [1.54, 1.807) is 49.4 Å². The van der Waals surface area contributed by atoms with E-state index in [-0.39, 0.29) is 32.9 Å². The Morgan fingerprint density at radius 3 is 2.31 bits per heavy atom. The summed E-state index contributed by atoms with van der Waals surface area (Å²) < 4.78 is 5.01. The van der Waals surface area contributed by atoms with Gasteiger partial charge in [0.15, 0.2) is 0 Å². The van der Waals surface area contributed by atoms with Crippen molar-refractivity contribution in [2.45, 2.75) is 18.7 Å². The summed E-state index contributed by atoms with van der Waals surface area (Å²) in [5.41, 5.74) is 2.27. The van der Waals surface area contributed by atoms with Gasteiger partial charge in [-0.05, 0) is 62.4 Å². The number of nitrogens with one attached hydrogen (secondary N) is 1. The van der Waals surface area contributed by atoms with E-state index in [0.29, 0.717) is 11.3 Å². The summed E-state index contributed by atoms with van der Waals surface area (Å²) in [4.78, 5) is 41.0. The molecule has 35 heavy (non-hydrogen) atoms. The van der Waals surface area contributed by atoms with Crippen molar-refractivity contribution in [2.75, 3.05) is 16.8 Å². The minimum absolute atomic E-state index is 0.0977. The van der Waals surface area contributed by atoms with Crippen LogP contribution in [0, 0.1) is 6.92 Å². The summed E-state index contributed by atoms with van der Waals surface area (Å²) in [7, 11) is 0. The Balaban J connectivity index is 1.71. The van der Waals surface area contributed by atoms with Gasteiger partial charge < -0.3 is 10.1 Å². The molecule has 1 N–H and O–H groups in total. The molecule has 1 aliphatic heterocycles. The zero-order valence-corrected chi connectivity index (χ0v) is 21.1. The molecule has 3 aromatic carbocycles. The van der Waals surface area contributed by atoms with Crippen LogP contribution in [0.4, 0.5) is 11.4 Å². The predicted molar refractivity (Wildman–Crippen MR) is 139 cm³/mol. The minimum atomic E-state index is -0.566. The van der Waals surface area contributed by atoms with Crippen molar-refractivity contribution in [2.24, 2.45) is 0 Å². The lowest BCUT2D eigenvalue weighted by molar-refractivity contribution is -0.120. The number of hydrogen-bond acceptors (Lipinski definition) is 6. The van der Waals surface area contributed by atoms with Crippen molar-refractivity contribution in [3.8, 4) is 0 Å². The maximum Gasteiger partial charge on any atom is 0.338 e. The van der Waals surface area contributed by atoms with Gasteiger partial charge in [0.1, 0.15) is 10.6 Å². The maximum atomic E-state index is 13.5. The smallest absolute Gasteiger partial charge is 0.338 e. The third-order valence-electron chi connectivity index (χ3n) is 5.12. The van der Waals surface area contributed by atoms with E-state index in [9.17, 15) is 14.4 Å². The number of anilines is 2. The molecule has 0 saturated carbocycles. The van der Waals surface area contributed by atoms with Gasteiger partial charge in [0.2, 0.25) is 0 Å². The first-order valence-corrected chi connectivity index (χ1v) is 12.2. The van der Waals surface area contributed by atoms with Gasteiger partial charge in [-0.1, -0.05) is 58.7 Å². The third kappa shape index (κ3) is 5.22. The number of carbonyl (C=O) groups is 3. The largest absolute Gasteiger partial charge is 0.462 e. The second-order valence-electron chi connectivity index (χ2n) is 7.56. The standard InChI is InChI=1S/C26H20Cl2N2O4S/c1-3-34-26(33)16-9-11-17(12-10-16)29-22-23(35-18-13-7-15(2)8-14-18)25(32)30(24(22)31)20-6-4-5-19(27)21(20)28/h4-14,29H,3H2,1-2H3. The molecule has 1 heterocycles. The fourth-order valence-corrected chi connectivity index (χ4v) is 4.68. The Kier molecular flexibility index (Phi) is 7.50. The number of rotatable bonds is 7. The van der Waals surface area contributed by atoms with Gasteiger partial charge in [0.05, 0.1) is 27.9 Å². The Labute approximate surface area is 216 Å². The SMILES string of the molecule is CCOC(=O)c1ccc(NC2=C(Sc3ccc(C)cc3)C(=O)N(c3cccc(Cl)c3Cl)C2=O)cc1. The monoisotopic (exact) mass is 526 g/mol. The quantitative estimate of drug-likeness (QED) is 0.281. The van der Waals surface area contributed by atoms with Gasteiger partial charge in [-0.2, -0.15) is 0 Å². The molecule has 3 aromatic rings. The van der Waals surface area contributed by atoms with Crippen LogP contribution in [0.3, 0.4) is 0 Å². The number of thioether (sulfide) groups is 1. The van der Waals surface area contributed by atoms with E-state index < -0.39 is 17.8 Å². The van der Waals surface area contributed by atoms with E-state index in [0.717, 1.165) is 15.4 Å². The summed E-state index contributed by atoms with van der Waals surface area (Å²) in [6, 6.07) is 18.8. The lowest BCUT2D eigenvalue weighted by Gasteiger charge is -2.17. The van der Waals surface area contributed by atoms with Gasteiger partial charge in [0, 0.05) is 10.6 Å². The molecule has 6 nitrogen and oxygen atoms in total. The van der Waals surface area contributed by atoms with Crippen LogP contribution in [0.25, 0.3) is 0 Å². The highest BCUT2D eigenvalue weighted by Gasteiger charge is 2.41. The van der Waals surface area contributed by atoms with Crippen LogP contribution in [0.15, 0.2) is 82.2 Å². The van der Waals surface area contributed by atoms with Gasteiger partial charge in [-0.15, -0.1) is 0 Å². The number of carbonyl (C=O) groups excluding carboxylic acids is 3. The number of imide groups is 1. The number of aryl methyl sites for hydroxylation is 1. The number of amides is 2. The summed E-state index contributed by atoms with van der Waals surface area (Å²) in [6.45, 7) is 3.96. The van der Waals surface area contributed by atoms with Crippen molar-refractivity contribution in [1.29, 1.82) is 0 Å². The van der Waals surface area contributed by atoms with Crippen LogP contribution in [0.2, 0.25) is 10.0 Å². The molecule has 4 rings (SSSR count). The van der Waals surface area contributed by atoms with Crippen LogP contribution in [0.1, 0.15) is 22.8 Å². The Morgan fingerprint density at radius 1 is 0.971 bits per heavy atom. The number of nitrogens with zero attached hydrogens (tertiary/aromatic N) is 1. The fraction of sp³-hybridized carbons (Fsp3) is 0.115. The van der Waals surface area contributed by atoms with E-state index in [2.05, 4.69) is 5.32 Å². The van der Waals surface area contributed by atoms with Gasteiger partial charge in [-0.25, -0.2) is 9.69 Å². The van der Waals surface area contributed by atoms with E-state index in [1.807, 2.05) is 31.2 Å². The number of ether oxygens (including phenoxy) is 1. The molecule has 178 valence electrons. The first-order chi connectivity index (χ1) is 16.8. The average Bonchev–Trinajstić information content (AvgIpc) is 3.07. The van der Waals surface area contributed by atoms with Gasteiger partial charge >= 0.3 is 5.97 Å². The Bertz CT molecular complexity index is 1340. The summed E-state index contributed by atoms with van der Waals surface area (Å²) in [5.74, 6) is -1.53. The van der Waals surface area contributed by atoms with Crippen LogP contribution < -0.4 is 10.2 Å². The summed E-state index contributed by atoms with van der Waals surface area (Å²) >= 11 is 13.7. The van der Waals surface area contributed by atoms with Crippen LogP contribution in [0.5, 0.6) is 0 Å². The summed E-state index contributed by atoms with van der Waals surface area (Å²) in [6.07, 6.45) is 0. The molecule has 2 amide bonds. The van der Waals surface area contributed by atoms with E-state index in [1.165, 1.54) is 11.8 Å². The first-order valence-electron chi connectivity index (χ1n) is 10.7. The molecule has 0 bridgehead atoms. The fourth-order valence-electron chi connectivity index (χ4n) is 3.37. The highest BCUT2D eigenvalue weighted by Crippen LogP contribution is 2.41. The number of halogens is 2. The third-order valence-corrected chi connectivity index (χ3v) is 7.02. The molecule has 0 aliphatic carbocycles. The molecule has 9 heteroatoms. The second-order valence-corrected chi connectivity index (χ2v) is 9.43. The summed E-state index contributed by atoms with van der Waals surface area (Å²) in [5, 5.41) is 3.39. The first kappa shape index (κ1) is 24.9. The van der Waals surface area contributed by atoms with Crippen LogP contribution >= 0.6 is 35.0 Å². The normalized spacial score (nSPS) is 13.4. The highest BCUT2D eigenvalue weighted by molar-refractivity contribution is 8.04. The van der Waals surface area contributed by atoms with Gasteiger partial charge in [-0.3, -0.25) is 9.59 Å². The van der Waals surface area contributed by atoms with Crippen LogP contribution in [-0.2, 0) is 14.3 Å². The van der Waals surface area contributed by atoms with Crippen molar-refractivity contribution in [1.82, 2.24) is 0 Å². The molecule has 1 aliphatic rings. The van der Waals surface area contributed by atoms with Gasteiger partial charge in [0.25, 0.3) is 11.8 Å². The molecule has 0 radical (unpaired) electrons. The lowest BCUT2D eigenvalue weighted by Crippen LogP contribution is -2.32. The molecule has 0 spiro atoms. The number of benzene rings is 3. The second kappa shape index (κ2) is 10.6. The zero-order valence-electron chi connectivity index (χ0n) is 18.8. The average molecular weight is 527 g/mol. The highest BCUT2D eigenvalue weighted by atomic mass is 35.5. The lowest BCUT2D eigenvalue weighted by atomic mass is 10.2. The minimum Gasteiger partial charge on any atom is -0.462 e. The Morgan fingerprint density at radius 2 is 1.66 bits per heavy atom. The molecule has 0 saturated heterocycles. The van der Waals surface area contributed by atoms with Crippen molar-refractivity contribution < 1.29 is 19.1 Å². The maximum absolute atomic E-state index is 13.5. The molecule has 0 fully saturated rings. The Hall–Kier alpha value is -3.26. The van der Waals surface area contributed by atoms with E-state index in [4.69, 9.17) is 27.9 Å². The predicted octanol–water partition coefficient (Wildman–Crippen LogP) is 6.47. The van der Waals surface area contributed by atoms with Crippen LogP contribution in [-0.4, -0.2) is 24.4 Å². The van der Waals surface area contributed by atoms with Crippen molar-refractivity contribution in [3.05, 3.63) is 98.5 Å². The molecule has 0 aromatic heterocycles. The molecule has 0 unspecified atom stereocenters. The topological polar surface area (TPSA) is 75.7 Å². The number of esters is 1. The molecular weight excluding hydrogens is 507 g/mol. The zero-order chi connectivity index (χ0) is 25.1. The molecule has 0 atom stereocenters. The molecular formula is C26H20Cl2N2O4S. The van der Waals surface area contributed by atoms with E-state index >= 15 is 0 Å².